The standard InChI is InChI=1S/C32H30N2O3S3/c1-3-22(20-29-33(4-2)31-25-12-7-5-10-23(25)14-16-27(31)38-29)21-30-34(18-9-19-40(35,36)37)32-26-13-8-6-11-24(26)15-17-28(32)39-30/h5-8,10-17,20-21H,3-4,9,18-19H2,1-2H3. The molecule has 0 aliphatic carbocycles. The lowest BCUT2D eigenvalue weighted by Crippen LogP contribution is -2.36. The first-order valence-corrected chi connectivity index (χ1v) is 16.7. The summed E-state index contributed by atoms with van der Waals surface area (Å²) < 4.78 is 37.5. The maximum Gasteiger partial charge on any atom is 0.263 e. The lowest BCUT2D eigenvalue weighted by molar-refractivity contribution is -0.667. The van der Waals surface area contributed by atoms with E-state index < -0.39 is 10.1 Å². The number of thiazole rings is 1. The van der Waals surface area contributed by atoms with Gasteiger partial charge in [-0.15, -0.1) is 0 Å². The van der Waals surface area contributed by atoms with Gasteiger partial charge in [-0.05, 0) is 54.0 Å². The second-order valence-electron chi connectivity index (χ2n) is 9.88. The average Bonchev–Trinajstić information content (AvgIpc) is 3.49. The highest BCUT2D eigenvalue weighted by Crippen LogP contribution is 2.49. The van der Waals surface area contributed by atoms with Crippen molar-refractivity contribution in [1.82, 2.24) is 0 Å². The maximum atomic E-state index is 11.4. The fraction of sp³-hybridized carbons (Fsp3) is 0.219. The molecule has 1 aliphatic rings. The molecule has 2 heterocycles. The van der Waals surface area contributed by atoms with E-state index in [1.54, 1.807) is 11.3 Å². The van der Waals surface area contributed by atoms with E-state index in [1.807, 2.05) is 23.9 Å². The normalized spacial score (nSPS) is 15.1. The first-order valence-electron chi connectivity index (χ1n) is 13.5. The van der Waals surface area contributed by atoms with Crippen molar-refractivity contribution in [2.45, 2.75) is 38.1 Å². The Bertz CT molecular complexity index is 1920. The molecule has 0 saturated carbocycles. The number of allylic oxidation sites excluding steroid dienone is 2. The van der Waals surface area contributed by atoms with Gasteiger partial charge in [-0.3, -0.25) is 0 Å². The van der Waals surface area contributed by atoms with Gasteiger partial charge in [0.1, 0.15) is 4.70 Å². The number of benzene rings is 4. The van der Waals surface area contributed by atoms with Crippen LogP contribution >= 0.6 is 23.1 Å². The Morgan fingerprint density at radius 2 is 1.65 bits per heavy atom. The number of aryl methyl sites for hydroxylation is 1. The second-order valence-corrected chi connectivity index (χ2v) is 13.5. The van der Waals surface area contributed by atoms with Crippen molar-refractivity contribution in [3.8, 4) is 0 Å². The van der Waals surface area contributed by atoms with Crippen molar-refractivity contribution in [3.63, 3.8) is 0 Å². The van der Waals surface area contributed by atoms with Gasteiger partial charge >= 0.3 is 0 Å². The number of hydrogen-bond acceptors (Lipinski definition) is 6. The predicted octanol–water partition coefficient (Wildman–Crippen LogP) is 7.70. The van der Waals surface area contributed by atoms with Crippen molar-refractivity contribution in [2.75, 3.05) is 17.2 Å². The third-order valence-electron chi connectivity index (χ3n) is 7.35. The summed E-state index contributed by atoms with van der Waals surface area (Å²) in [7, 11) is -4.27. The summed E-state index contributed by atoms with van der Waals surface area (Å²) >= 11 is 3.51. The van der Waals surface area contributed by atoms with Crippen LogP contribution in [0, 0.1) is 0 Å². The topological polar surface area (TPSA) is 64.3 Å². The van der Waals surface area contributed by atoms with Crippen LogP contribution in [0.4, 0.5) is 5.69 Å². The zero-order chi connectivity index (χ0) is 27.9. The van der Waals surface area contributed by atoms with E-state index >= 15 is 0 Å². The summed E-state index contributed by atoms with van der Waals surface area (Å²) in [6, 6.07) is 25.5. The van der Waals surface area contributed by atoms with E-state index in [1.165, 1.54) is 32.0 Å². The van der Waals surface area contributed by atoms with E-state index in [2.05, 4.69) is 96.1 Å². The molecule has 4 aromatic carbocycles. The van der Waals surface area contributed by atoms with Gasteiger partial charge < -0.3 is 9.45 Å². The Hall–Kier alpha value is -3.17. The van der Waals surface area contributed by atoms with Gasteiger partial charge in [-0.25, -0.2) is 8.42 Å². The SMILES string of the molecule is CCC(=C/c1sc2ccc3ccccc3c2[n+]1CCCS(=O)(=O)[O-])/C=C1/Sc2ccc3ccccc3c2N1CC. The molecule has 40 heavy (non-hydrogen) atoms. The molecule has 0 bridgehead atoms. The van der Waals surface area contributed by atoms with Crippen molar-refractivity contribution in [3.05, 3.63) is 94.5 Å². The number of nitrogens with zero attached hydrogens (tertiary/aromatic N) is 2. The minimum absolute atomic E-state index is 0.275. The van der Waals surface area contributed by atoms with E-state index in [-0.39, 0.29) is 12.2 Å². The first-order chi connectivity index (χ1) is 19.4. The van der Waals surface area contributed by atoms with Crippen molar-refractivity contribution < 1.29 is 17.5 Å². The summed E-state index contributed by atoms with van der Waals surface area (Å²) in [5.74, 6) is -0.371. The van der Waals surface area contributed by atoms with E-state index in [0.717, 1.165) is 39.0 Å². The summed E-state index contributed by atoms with van der Waals surface area (Å²) in [5.41, 5.74) is 3.55. The van der Waals surface area contributed by atoms with Gasteiger partial charge in [0.25, 0.3) is 5.01 Å². The number of fused-ring (bicyclic) bond motifs is 6. The molecule has 1 aromatic heterocycles. The van der Waals surface area contributed by atoms with Crippen molar-refractivity contribution >= 4 is 76.7 Å². The monoisotopic (exact) mass is 586 g/mol. The summed E-state index contributed by atoms with van der Waals surface area (Å²) in [6.07, 6.45) is 5.64. The Balaban J connectivity index is 1.44. The zero-order valence-corrected chi connectivity index (χ0v) is 24.9. The molecule has 0 fully saturated rings. The number of anilines is 1. The van der Waals surface area contributed by atoms with Crippen LogP contribution in [0.25, 0.3) is 37.8 Å². The van der Waals surface area contributed by atoms with Gasteiger partial charge in [0.15, 0.2) is 6.54 Å². The molecule has 0 spiro atoms. The fourth-order valence-corrected chi connectivity index (χ4v) is 8.34. The van der Waals surface area contributed by atoms with Gasteiger partial charge in [0.05, 0.1) is 26.2 Å². The molecule has 0 N–H and O–H groups in total. The maximum absolute atomic E-state index is 11.4. The number of rotatable bonds is 8. The van der Waals surface area contributed by atoms with Crippen molar-refractivity contribution in [2.24, 2.45) is 0 Å². The highest BCUT2D eigenvalue weighted by atomic mass is 32.2. The van der Waals surface area contributed by atoms with Crippen molar-refractivity contribution in [1.29, 1.82) is 0 Å². The minimum Gasteiger partial charge on any atom is -0.748 e. The first kappa shape index (κ1) is 27.0. The van der Waals surface area contributed by atoms with Gasteiger partial charge in [-0.1, -0.05) is 84.6 Å². The molecule has 5 aromatic rings. The van der Waals surface area contributed by atoms with Crippen LogP contribution < -0.4 is 9.47 Å². The molecule has 0 amide bonds. The highest BCUT2D eigenvalue weighted by molar-refractivity contribution is 8.03. The smallest absolute Gasteiger partial charge is 0.263 e. The summed E-state index contributed by atoms with van der Waals surface area (Å²) in [4.78, 5) is 3.67. The summed E-state index contributed by atoms with van der Waals surface area (Å²) in [5, 5.41) is 7.03. The second kappa shape index (κ2) is 11.0. The molecule has 0 saturated heterocycles. The number of thioether (sulfide) groups is 1. The molecular formula is C32H30N2O3S3. The van der Waals surface area contributed by atoms with Crippen LogP contribution in [0.5, 0.6) is 0 Å². The van der Waals surface area contributed by atoms with Gasteiger partial charge in [-0.2, -0.15) is 4.57 Å². The Labute approximate surface area is 243 Å². The third kappa shape index (κ3) is 5.17. The zero-order valence-electron chi connectivity index (χ0n) is 22.5. The van der Waals surface area contributed by atoms with Crippen LogP contribution in [-0.4, -0.2) is 25.3 Å². The Kier molecular flexibility index (Phi) is 7.44. The number of hydrogen-bond donors (Lipinski definition) is 0. The molecule has 8 heteroatoms. The lowest BCUT2D eigenvalue weighted by Gasteiger charge is -2.20. The molecule has 204 valence electrons. The molecule has 0 radical (unpaired) electrons. The molecular weight excluding hydrogens is 557 g/mol. The molecule has 6 rings (SSSR count). The van der Waals surface area contributed by atoms with E-state index in [0.29, 0.717) is 6.54 Å². The Morgan fingerprint density at radius 3 is 2.38 bits per heavy atom. The van der Waals surface area contributed by atoms with Crippen LogP contribution in [-0.2, 0) is 16.7 Å². The highest BCUT2D eigenvalue weighted by Gasteiger charge is 2.27. The molecule has 5 nitrogen and oxygen atoms in total. The average molecular weight is 587 g/mol. The Morgan fingerprint density at radius 1 is 0.950 bits per heavy atom. The van der Waals surface area contributed by atoms with E-state index in [4.69, 9.17) is 0 Å². The van der Waals surface area contributed by atoms with Crippen LogP contribution in [0.15, 0.2) is 94.4 Å². The molecule has 0 atom stereocenters. The third-order valence-corrected chi connectivity index (χ3v) is 10.3. The minimum atomic E-state index is -4.27. The van der Waals surface area contributed by atoms with Gasteiger partial charge in [0, 0.05) is 35.1 Å². The number of aromatic nitrogens is 1. The summed E-state index contributed by atoms with van der Waals surface area (Å²) in [6.45, 7) is 5.69. The lowest BCUT2D eigenvalue weighted by atomic mass is 10.1. The van der Waals surface area contributed by atoms with Gasteiger partial charge in [0.2, 0.25) is 5.52 Å². The van der Waals surface area contributed by atoms with Crippen LogP contribution in [0.2, 0.25) is 0 Å². The van der Waals surface area contributed by atoms with E-state index in [9.17, 15) is 13.0 Å². The van der Waals surface area contributed by atoms with Crippen LogP contribution in [0.1, 0.15) is 31.7 Å². The quantitative estimate of drug-likeness (QED) is 0.138. The fourth-order valence-electron chi connectivity index (χ4n) is 5.46. The molecule has 0 unspecified atom stereocenters. The van der Waals surface area contributed by atoms with Crippen LogP contribution in [0.3, 0.4) is 0 Å². The largest absolute Gasteiger partial charge is 0.748 e. The molecule has 1 aliphatic heterocycles. The predicted molar refractivity (Wildman–Crippen MR) is 168 cm³/mol.